The fraction of sp³-hybridized carbons (Fsp3) is 0.0714. The summed E-state index contributed by atoms with van der Waals surface area (Å²) in [5.74, 6) is -0.695. The molecule has 0 aliphatic carbocycles. The van der Waals surface area contributed by atoms with Crippen molar-refractivity contribution in [1.29, 1.82) is 0 Å². The highest BCUT2D eigenvalue weighted by molar-refractivity contribution is 6.35. The molecule has 0 unspecified atom stereocenters. The highest BCUT2D eigenvalue weighted by Gasteiger charge is 2.15. The van der Waals surface area contributed by atoms with Gasteiger partial charge in [0.15, 0.2) is 16.6 Å². The van der Waals surface area contributed by atoms with E-state index < -0.39 is 11.4 Å². The third-order valence-corrected chi connectivity index (χ3v) is 3.65. The summed E-state index contributed by atoms with van der Waals surface area (Å²) in [4.78, 5) is 20.4. The van der Waals surface area contributed by atoms with E-state index in [4.69, 9.17) is 23.2 Å². The molecule has 0 spiro atoms. The second-order valence-electron chi connectivity index (χ2n) is 4.41. The van der Waals surface area contributed by atoms with Crippen molar-refractivity contribution < 1.29 is 4.39 Å². The van der Waals surface area contributed by atoms with Gasteiger partial charge in [-0.1, -0.05) is 23.2 Å². The number of aromatic nitrogens is 3. The number of fused-ring (bicyclic) bond motifs is 1. The molecule has 0 radical (unpaired) electrons. The highest BCUT2D eigenvalue weighted by Crippen LogP contribution is 2.26. The Morgan fingerprint density at radius 1 is 1.29 bits per heavy atom. The summed E-state index contributed by atoms with van der Waals surface area (Å²) in [6.45, 7) is 1.76. The van der Waals surface area contributed by atoms with Gasteiger partial charge in [0.1, 0.15) is 0 Å². The molecule has 0 amide bonds. The van der Waals surface area contributed by atoms with Crippen LogP contribution in [-0.4, -0.2) is 14.5 Å². The molecule has 0 atom stereocenters. The molecule has 3 aromatic heterocycles. The first kappa shape index (κ1) is 14.0. The van der Waals surface area contributed by atoms with Crippen LogP contribution in [0.1, 0.15) is 5.69 Å². The third-order valence-electron chi connectivity index (χ3n) is 3.07. The maximum absolute atomic E-state index is 13.6. The number of rotatable bonds is 1. The van der Waals surface area contributed by atoms with Gasteiger partial charge in [-0.3, -0.25) is 14.3 Å². The Kier molecular flexibility index (Phi) is 3.39. The summed E-state index contributed by atoms with van der Waals surface area (Å²) < 4.78 is 14.9. The third kappa shape index (κ3) is 2.28. The second kappa shape index (κ2) is 5.09. The van der Waals surface area contributed by atoms with Crippen molar-refractivity contribution in [2.24, 2.45) is 0 Å². The Morgan fingerprint density at radius 3 is 2.76 bits per heavy atom. The first-order chi connectivity index (χ1) is 9.99. The molecular formula is C14H8Cl2FN3O. The lowest BCUT2D eigenvalue weighted by Gasteiger charge is -2.12. The SMILES string of the molecule is Cc1ncccc1-n1c(=O)cc(Cl)c2cc(F)c(Cl)nc21. The van der Waals surface area contributed by atoms with Crippen LogP contribution in [0.3, 0.4) is 0 Å². The van der Waals surface area contributed by atoms with E-state index in [-0.39, 0.29) is 15.8 Å². The van der Waals surface area contributed by atoms with Gasteiger partial charge in [-0.15, -0.1) is 0 Å². The van der Waals surface area contributed by atoms with Gasteiger partial charge < -0.3 is 0 Å². The quantitative estimate of drug-likeness (QED) is 0.643. The van der Waals surface area contributed by atoms with Crippen molar-refractivity contribution >= 4 is 34.2 Å². The molecule has 0 bridgehead atoms. The van der Waals surface area contributed by atoms with Crippen LogP contribution in [0.4, 0.5) is 4.39 Å². The van der Waals surface area contributed by atoms with Crippen molar-refractivity contribution in [2.45, 2.75) is 6.92 Å². The molecule has 0 aromatic carbocycles. The van der Waals surface area contributed by atoms with Crippen LogP contribution in [0.5, 0.6) is 0 Å². The van der Waals surface area contributed by atoms with Gasteiger partial charge in [-0.2, -0.15) is 0 Å². The predicted octanol–water partition coefficient (Wildman–Crippen LogP) is 3.54. The van der Waals surface area contributed by atoms with Crippen molar-refractivity contribution in [3.05, 3.63) is 62.5 Å². The van der Waals surface area contributed by atoms with Crippen LogP contribution < -0.4 is 5.56 Å². The van der Waals surface area contributed by atoms with E-state index in [9.17, 15) is 9.18 Å². The lowest BCUT2D eigenvalue weighted by molar-refractivity contribution is 0.624. The molecule has 0 saturated carbocycles. The lowest BCUT2D eigenvalue weighted by atomic mass is 10.2. The van der Waals surface area contributed by atoms with Crippen LogP contribution in [0.15, 0.2) is 35.3 Å². The van der Waals surface area contributed by atoms with E-state index in [0.717, 1.165) is 6.07 Å². The molecule has 3 aromatic rings. The van der Waals surface area contributed by atoms with Gasteiger partial charge in [-0.05, 0) is 25.1 Å². The molecule has 3 heterocycles. The second-order valence-corrected chi connectivity index (χ2v) is 5.17. The van der Waals surface area contributed by atoms with E-state index in [1.54, 1.807) is 25.3 Å². The summed E-state index contributed by atoms with van der Waals surface area (Å²) in [6, 6.07) is 5.79. The van der Waals surface area contributed by atoms with Crippen LogP contribution in [0.25, 0.3) is 16.7 Å². The zero-order valence-electron chi connectivity index (χ0n) is 10.8. The summed E-state index contributed by atoms with van der Waals surface area (Å²) in [5, 5.41) is 0.108. The molecule has 0 aliphatic heterocycles. The Morgan fingerprint density at radius 2 is 2.05 bits per heavy atom. The Labute approximate surface area is 128 Å². The van der Waals surface area contributed by atoms with Crippen LogP contribution >= 0.6 is 23.2 Å². The van der Waals surface area contributed by atoms with Crippen molar-refractivity contribution in [3.8, 4) is 5.69 Å². The lowest BCUT2D eigenvalue weighted by Crippen LogP contribution is -2.20. The minimum absolute atomic E-state index is 0.121. The van der Waals surface area contributed by atoms with Crippen LogP contribution in [0, 0.1) is 12.7 Å². The average molecular weight is 324 g/mol. The maximum Gasteiger partial charge on any atom is 0.258 e. The number of nitrogens with zero attached hydrogens (tertiary/aromatic N) is 3. The van der Waals surface area contributed by atoms with Crippen LogP contribution in [0.2, 0.25) is 10.2 Å². The molecule has 0 aliphatic rings. The average Bonchev–Trinajstić information content (AvgIpc) is 2.43. The van der Waals surface area contributed by atoms with E-state index >= 15 is 0 Å². The van der Waals surface area contributed by atoms with Gasteiger partial charge in [0, 0.05) is 17.6 Å². The molecule has 21 heavy (non-hydrogen) atoms. The normalized spacial score (nSPS) is 11.0. The van der Waals surface area contributed by atoms with Crippen molar-refractivity contribution in [3.63, 3.8) is 0 Å². The highest BCUT2D eigenvalue weighted by atomic mass is 35.5. The minimum atomic E-state index is -0.695. The monoisotopic (exact) mass is 323 g/mol. The minimum Gasteiger partial charge on any atom is -0.269 e. The van der Waals surface area contributed by atoms with E-state index in [2.05, 4.69) is 9.97 Å². The molecule has 0 saturated heterocycles. The molecule has 0 N–H and O–H groups in total. The van der Waals surface area contributed by atoms with E-state index in [0.29, 0.717) is 16.8 Å². The number of hydrogen-bond acceptors (Lipinski definition) is 3. The van der Waals surface area contributed by atoms with E-state index in [1.807, 2.05) is 0 Å². The molecule has 4 nitrogen and oxygen atoms in total. The molecule has 106 valence electrons. The fourth-order valence-corrected chi connectivity index (χ4v) is 2.47. The number of halogens is 3. The van der Waals surface area contributed by atoms with Gasteiger partial charge >= 0.3 is 0 Å². The molecule has 7 heteroatoms. The fourth-order valence-electron chi connectivity index (χ4n) is 2.10. The first-order valence-corrected chi connectivity index (χ1v) is 6.74. The van der Waals surface area contributed by atoms with Crippen molar-refractivity contribution in [1.82, 2.24) is 14.5 Å². The zero-order valence-corrected chi connectivity index (χ0v) is 12.3. The largest absolute Gasteiger partial charge is 0.269 e. The van der Waals surface area contributed by atoms with Gasteiger partial charge in [-0.25, -0.2) is 9.37 Å². The topological polar surface area (TPSA) is 47.8 Å². The Balaban J connectivity index is 2.51. The van der Waals surface area contributed by atoms with E-state index in [1.165, 1.54) is 10.6 Å². The number of hydrogen-bond donors (Lipinski definition) is 0. The molecule has 3 rings (SSSR count). The van der Waals surface area contributed by atoms with Gasteiger partial charge in [0.25, 0.3) is 5.56 Å². The summed E-state index contributed by atoms with van der Waals surface area (Å²) in [6.07, 6.45) is 1.61. The number of aryl methyl sites for hydroxylation is 1. The first-order valence-electron chi connectivity index (χ1n) is 5.98. The summed E-state index contributed by atoms with van der Waals surface area (Å²) >= 11 is 11.7. The zero-order chi connectivity index (χ0) is 15.1. The standard InChI is InChI=1S/C14H8Cl2FN3O/c1-7-11(3-2-4-18-7)20-12(21)6-9(15)8-5-10(17)13(16)19-14(8)20/h2-6H,1H3. The summed E-state index contributed by atoms with van der Waals surface area (Å²) in [5.41, 5.74) is 0.971. The van der Waals surface area contributed by atoms with Crippen LogP contribution in [-0.2, 0) is 0 Å². The Hall–Kier alpha value is -1.98. The van der Waals surface area contributed by atoms with Gasteiger partial charge in [0.2, 0.25) is 0 Å². The Bertz CT molecular complexity index is 924. The molecular weight excluding hydrogens is 316 g/mol. The predicted molar refractivity (Wildman–Crippen MR) is 79.9 cm³/mol. The van der Waals surface area contributed by atoms with Gasteiger partial charge in [0.05, 0.1) is 16.4 Å². The maximum atomic E-state index is 13.6. The summed E-state index contributed by atoms with van der Waals surface area (Å²) in [7, 11) is 0. The molecule has 0 fully saturated rings. The van der Waals surface area contributed by atoms with Crippen molar-refractivity contribution in [2.75, 3.05) is 0 Å². The number of pyridine rings is 3. The smallest absolute Gasteiger partial charge is 0.258 e.